The molecule has 0 radical (unpaired) electrons. The second-order valence-corrected chi connectivity index (χ2v) is 12.5. The highest BCUT2D eigenvalue weighted by atomic mass is 14.7. The van der Waals surface area contributed by atoms with Gasteiger partial charge in [0, 0.05) is 16.3 Å². The Morgan fingerprint density at radius 2 is 0.978 bits per heavy atom. The zero-order valence-corrected chi connectivity index (χ0v) is 25.2. The second-order valence-electron chi connectivity index (χ2n) is 12.5. The van der Waals surface area contributed by atoms with E-state index >= 15 is 0 Å². The quantitative estimate of drug-likeness (QED) is 0.198. The highest BCUT2D eigenvalue weighted by Crippen LogP contribution is 2.50. The van der Waals surface area contributed by atoms with E-state index in [-0.39, 0.29) is 0 Å². The minimum atomic E-state index is 0.923. The van der Waals surface area contributed by atoms with Crippen LogP contribution >= 0.6 is 0 Å². The first kappa shape index (κ1) is 25.4. The maximum Gasteiger partial charge on any atom is 0.0545 e. The molecule has 214 valence electrons. The van der Waals surface area contributed by atoms with Crippen LogP contribution in [0.1, 0.15) is 22.3 Å². The predicted molar refractivity (Wildman–Crippen MR) is 195 cm³/mol. The first-order valence-corrected chi connectivity index (χ1v) is 16.1. The number of hydrogen-bond acceptors (Lipinski definition) is 0. The van der Waals surface area contributed by atoms with Crippen LogP contribution in [0.2, 0.25) is 0 Å². The van der Waals surface area contributed by atoms with Gasteiger partial charge in [0.2, 0.25) is 0 Å². The summed E-state index contributed by atoms with van der Waals surface area (Å²) in [6, 6.07) is 57.7. The number of hydrogen-bond donors (Lipinski definition) is 1. The van der Waals surface area contributed by atoms with Crippen LogP contribution in [-0.2, 0) is 6.42 Å². The molecule has 0 aliphatic heterocycles. The van der Waals surface area contributed by atoms with E-state index in [1.54, 1.807) is 0 Å². The van der Waals surface area contributed by atoms with Gasteiger partial charge < -0.3 is 4.98 Å². The first-order chi connectivity index (χ1) is 22.8. The smallest absolute Gasteiger partial charge is 0.0545 e. The molecule has 1 heteroatoms. The van der Waals surface area contributed by atoms with E-state index in [4.69, 9.17) is 0 Å². The topological polar surface area (TPSA) is 15.8 Å². The summed E-state index contributed by atoms with van der Waals surface area (Å²) in [6.45, 7) is 0. The number of aromatic amines is 1. The molecular formula is C45H29N. The number of rotatable bonds is 4. The van der Waals surface area contributed by atoms with Crippen molar-refractivity contribution in [1.29, 1.82) is 0 Å². The van der Waals surface area contributed by atoms with Crippen molar-refractivity contribution in [2.45, 2.75) is 6.42 Å². The van der Waals surface area contributed by atoms with Gasteiger partial charge in [-0.25, -0.2) is 0 Å². The molecule has 9 aromatic rings. The van der Waals surface area contributed by atoms with Crippen molar-refractivity contribution in [2.24, 2.45) is 0 Å². The third kappa shape index (κ3) is 3.63. The van der Waals surface area contributed by atoms with E-state index in [0.717, 1.165) is 6.42 Å². The summed E-state index contributed by atoms with van der Waals surface area (Å²) in [6.07, 6.45) is 0.923. The molecule has 1 N–H and O–H groups in total. The maximum atomic E-state index is 3.93. The molecule has 10 rings (SSSR count). The third-order valence-electron chi connectivity index (χ3n) is 10.0. The van der Waals surface area contributed by atoms with Crippen LogP contribution in [0.25, 0.3) is 76.8 Å². The molecule has 1 nitrogen and oxygen atoms in total. The number of H-pyrrole nitrogens is 1. The van der Waals surface area contributed by atoms with Gasteiger partial charge >= 0.3 is 0 Å². The Labute approximate surface area is 267 Å². The molecule has 0 bridgehead atoms. The lowest BCUT2D eigenvalue weighted by Crippen LogP contribution is -1.93. The van der Waals surface area contributed by atoms with Gasteiger partial charge in [-0.1, -0.05) is 146 Å². The third-order valence-corrected chi connectivity index (χ3v) is 10.0. The summed E-state index contributed by atoms with van der Waals surface area (Å²) in [5.41, 5.74) is 14.2. The fraction of sp³-hybridized carbons (Fsp3) is 0.0222. The largest absolute Gasteiger partial charge is 0.353 e. The molecule has 0 fully saturated rings. The first-order valence-electron chi connectivity index (χ1n) is 16.1. The zero-order chi connectivity index (χ0) is 30.2. The lowest BCUT2D eigenvalue weighted by Gasteiger charge is -2.16. The highest BCUT2D eigenvalue weighted by molar-refractivity contribution is 6.31. The fourth-order valence-corrected chi connectivity index (χ4v) is 8.05. The zero-order valence-electron chi connectivity index (χ0n) is 25.2. The van der Waals surface area contributed by atoms with Gasteiger partial charge in [-0.2, -0.15) is 0 Å². The van der Waals surface area contributed by atoms with Crippen molar-refractivity contribution >= 4 is 54.4 Å². The van der Waals surface area contributed by atoms with Gasteiger partial charge in [0.05, 0.1) is 11.2 Å². The average Bonchev–Trinajstić information content (AvgIpc) is 3.71. The monoisotopic (exact) mass is 583 g/mol. The van der Waals surface area contributed by atoms with Gasteiger partial charge in [-0.05, 0) is 90.0 Å². The van der Waals surface area contributed by atoms with E-state index in [9.17, 15) is 0 Å². The number of allylic oxidation sites excluding steroid dienone is 1. The summed E-state index contributed by atoms with van der Waals surface area (Å²) >= 11 is 0. The maximum absolute atomic E-state index is 3.93. The van der Waals surface area contributed by atoms with Crippen LogP contribution in [0, 0.1) is 0 Å². The summed E-state index contributed by atoms with van der Waals surface area (Å²) in [5.74, 6) is 0. The number of aromatic nitrogens is 1. The van der Waals surface area contributed by atoms with Crippen molar-refractivity contribution in [3.63, 3.8) is 0 Å². The Hall–Kier alpha value is -5.92. The van der Waals surface area contributed by atoms with Crippen molar-refractivity contribution in [3.8, 4) is 22.4 Å². The van der Waals surface area contributed by atoms with Crippen LogP contribution in [-0.4, -0.2) is 4.98 Å². The molecule has 0 spiro atoms. The normalized spacial score (nSPS) is 13.0. The van der Waals surface area contributed by atoms with Crippen molar-refractivity contribution in [1.82, 2.24) is 4.98 Å². The molecule has 1 heterocycles. The van der Waals surface area contributed by atoms with E-state index in [1.165, 1.54) is 99.0 Å². The second kappa shape index (κ2) is 9.79. The van der Waals surface area contributed by atoms with E-state index in [2.05, 4.69) is 163 Å². The molecule has 0 saturated heterocycles. The van der Waals surface area contributed by atoms with Gasteiger partial charge in [0.25, 0.3) is 0 Å². The SMILES string of the molecule is c1ccc(C2=C(c3ccccc3)c3cc4ccc5c6[nH]c(-c7ccccc7)c(-c7ccccc7)c6cc6ccc(c3C2)c4c65)cc1. The van der Waals surface area contributed by atoms with Gasteiger partial charge in [0.1, 0.15) is 0 Å². The standard InChI is InChI=1S/C45H29N/c1-5-13-28(14-6-1)36-27-37-34-23-21-33-26-39-43(30-17-9-3-10-18-30)44(31-19-11-4-12-20-31)46-45(39)35-24-22-32(41(34)42(33)35)25-38(37)40(36)29-15-7-2-8-16-29/h1-26,46H,27H2. The lowest BCUT2D eigenvalue weighted by atomic mass is 9.87. The van der Waals surface area contributed by atoms with Crippen LogP contribution in [0.15, 0.2) is 158 Å². The predicted octanol–water partition coefficient (Wildman–Crippen LogP) is 11.9. The van der Waals surface area contributed by atoms with E-state index < -0.39 is 0 Å². The molecule has 1 aliphatic rings. The molecular weight excluding hydrogens is 555 g/mol. The minimum Gasteiger partial charge on any atom is -0.353 e. The molecule has 1 aliphatic carbocycles. The molecule has 0 saturated carbocycles. The summed E-state index contributed by atoms with van der Waals surface area (Å²) < 4.78 is 0. The van der Waals surface area contributed by atoms with E-state index in [1.807, 2.05) is 0 Å². The Morgan fingerprint density at radius 3 is 1.65 bits per heavy atom. The van der Waals surface area contributed by atoms with Gasteiger partial charge in [-0.3, -0.25) is 0 Å². The molecule has 0 atom stereocenters. The minimum absolute atomic E-state index is 0.923. The van der Waals surface area contributed by atoms with Gasteiger partial charge in [0.15, 0.2) is 0 Å². The molecule has 8 aromatic carbocycles. The van der Waals surface area contributed by atoms with Crippen molar-refractivity contribution < 1.29 is 0 Å². The number of benzene rings is 8. The Morgan fingerprint density at radius 1 is 0.435 bits per heavy atom. The molecule has 0 unspecified atom stereocenters. The molecule has 0 amide bonds. The van der Waals surface area contributed by atoms with Crippen LogP contribution < -0.4 is 0 Å². The molecule has 46 heavy (non-hydrogen) atoms. The summed E-state index contributed by atoms with van der Waals surface area (Å²) in [4.78, 5) is 3.93. The number of nitrogens with one attached hydrogen (secondary N) is 1. The fourth-order valence-electron chi connectivity index (χ4n) is 8.05. The van der Waals surface area contributed by atoms with Crippen LogP contribution in [0.5, 0.6) is 0 Å². The highest BCUT2D eigenvalue weighted by Gasteiger charge is 2.28. The Balaban J connectivity index is 1.27. The molecule has 1 aromatic heterocycles. The summed E-state index contributed by atoms with van der Waals surface area (Å²) in [5, 5.41) is 9.21. The average molecular weight is 584 g/mol. The van der Waals surface area contributed by atoms with Crippen LogP contribution in [0.3, 0.4) is 0 Å². The number of fused-ring (bicyclic) bond motifs is 4. The Kier molecular flexibility index (Phi) is 5.41. The van der Waals surface area contributed by atoms with Crippen molar-refractivity contribution in [3.05, 3.63) is 180 Å². The van der Waals surface area contributed by atoms with Crippen molar-refractivity contribution in [2.75, 3.05) is 0 Å². The lowest BCUT2D eigenvalue weighted by molar-refractivity contribution is 1.35. The van der Waals surface area contributed by atoms with E-state index in [0.29, 0.717) is 0 Å². The Bertz CT molecular complexity index is 2610. The summed E-state index contributed by atoms with van der Waals surface area (Å²) in [7, 11) is 0. The van der Waals surface area contributed by atoms with Gasteiger partial charge in [-0.15, -0.1) is 0 Å². The van der Waals surface area contributed by atoms with Crippen LogP contribution in [0.4, 0.5) is 0 Å².